The molecule has 1 aromatic carbocycles. The Kier molecular flexibility index (Phi) is 4.89. The molecule has 0 spiro atoms. The van der Waals surface area contributed by atoms with E-state index in [1.165, 1.54) is 0 Å². The van der Waals surface area contributed by atoms with Gasteiger partial charge in [0.25, 0.3) is 0 Å². The molecular weight excluding hydrogens is 292 g/mol. The Morgan fingerprint density at radius 3 is 2.47 bits per heavy atom. The Morgan fingerprint density at radius 2 is 1.88 bits per heavy atom. The van der Waals surface area contributed by atoms with Gasteiger partial charge in [0, 0.05) is 12.6 Å². The van der Waals surface area contributed by atoms with Gasteiger partial charge in [-0.15, -0.1) is 0 Å². The third kappa shape index (κ3) is 5.00. The second-order valence-corrected chi connectivity index (χ2v) is 5.49. The molecule has 1 rings (SSSR count). The number of hydrogen-bond donors (Lipinski definition) is 1. The maximum atomic E-state index is 13.4. The van der Waals surface area contributed by atoms with Gasteiger partial charge in [-0.1, -0.05) is 0 Å². The predicted octanol–water partition coefficient (Wildman–Crippen LogP) is 3.95. The van der Waals surface area contributed by atoms with E-state index in [4.69, 9.17) is 4.74 Å². The molecule has 0 saturated heterocycles. The molecule has 0 saturated carbocycles. The van der Waals surface area contributed by atoms with Crippen molar-refractivity contribution in [2.24, 2.45) is 0 Å². The van der Waals surface area contributed by atoms with Crippen molar-refractivity contribution < 1.29 is 13.5 Å². The van der Waals surface area contributed by atoms with Crippen LogP contribution < -0.4 is 5.32 Å². The summed E-state index contributed by atoms with van der Waals surface area (Å²) in [7, 11) is 0. The largest absolute Gasteiger partial charge is 0.380 e. The topological polar surface area (TPSA) is 21.3 Å². The second-order valence-electron chi connectivity index (χ2n) is 4.63. The summed E-state index contributed by atoms with van der Waals surface area (Å²) in [6, 6.07) is 2.22. The Hall–Kier alpha value is -0.680. The lowest BCUT2D eigenvalue weighted by Gasteiger charge is -2.19. The highest BCUT2D eigenvalue weighted by molar-refractivity contribution is 9.10. The fourth-order valence-corrected chi connectivity index (χ4v) is 1.52. The van der Waals surface area contributed by atoms with Gasteiger partial charge in [-0.25, -0.2) is 8.78 Å². The highest BCUT2D eigenvalue weighted by Crippen LogP contribution is 2.23. The number of ether oxygens (including phenoxy) is 1. The normalized spacial score (nSPS) is 11.6. The van der Waals surface area contributed by atoms with Gasteiger partial charge in [-0.05, 0) is 42.8 Å². The molecule has 0 bridgehead atoms. The van der Waals surface area contributed by atoms with Crippen LogP contribution in [0.15, 0.2) is 16.6 Å². The molecule has 1 N–H and O–H groups in total. The molecule has 0 aromatic heterocycles. The molecule has 17 heavy (non-hydrogen) atoms. The molecule has 0 fully saturated rings. The zero-order chi connectivity index (χ0) is 13.1. The first-order valence-corrected chi connectivity index (χ1v) is 6.11. The van der Waals surface area contributed by atoms with Crippen molar-refractivity contribution in [2.45, 2.75) is 26.4 Å². The lowest BCUT2D eigenvalue weighted by Crippen LogP contribution is -2.23. The fraction of sp³-hybridized carbons (Fsp3) is 0.500. The van der Waals surface area contributed by atoms with Crippen molar-refractivity contribution in [1.29, 1.82) is 0 Å². The molecule has 0 unspecified atom stereocenters. The summed E-state index contributed by atoms with van der Waals surface area (Å²) in [6.07, 6.45) is 0. The summed E-state index contributed by atoms with van der Waals surface area (Å²) in [6.45, 7) is 6.67. The van der Waals surface area contributed by atoms with Gasteiger partial charge in [-0.2, -0.15) is 0 Å². The van der Waals surface area contributed by atoms with Crippen LogP contribution in [-0.2, 0) is 4.74 Å². The van der Waals surface area contributed by atoms with Crippen molar-refractivity contribution in [3.8, 4) is 0 Å². The highest BCUT2D eigenvalue weighted by atomic mass is 79.9. The van der Waals surface area contributed by atoms with Gasteiger partial charge >= 0.3 is 0 Å². The monoisotopic (exact) mass is 307 g/mol. The smallest absolute Gasteiger partial charge is 0.147 e. The Morgan fingerprint density at radius 1 is 1.24 bits per heavy atom. The van der Waals surface area contributed by atoms with E-state index in [0.29, 0.717) is 13.2 Å². The molecule has 0 aliphatic carbocycles. The van der Waals surface area contributed by atoms with Gasteiger partial charge in [0.1, 0.15) is 11.6 Å². The number of halogens is 3. The Bertz CT molecular complexity index is 391. The van der Waals surface area contributed by atoms with E-state index in [0.717, 1.165) is 12.1 Å². The van der Waals surface area contributed by atoms with Gasteiger partial charge in [0.15, 0.2) is 0 Å². The van der Waals surface area contributed by atoms with Crippen LogP contribution in [0.4, 0.5) is 14.5 Å². The van der Waals surface area contributed by atoms with Crippen LogP contribution in [0.5, 0.6) is 0 Å². The lowest BCUT2D eigenvalue weighted by molar-refractivity contribution is 0.00332. The van der Waals surface area contributed by atoms with Crippen molar-refractivity contribution in [2.75, 3.05) is 18.5 Å². The van der Waals surface area contributed by atoms with E-state index < -0.39 is 11.6 Å². The van der Waals surface area contributed by atoms with Crippen LogP contribution >= 0.6 is 15.9 Å². The maximum absolute atomic E-state index is 13.4. The molecule has 96 valence electrons. The van der Waals surface area contributed by atoms with Crippen molar-refractivity contribution in [3.05, 3.63) is 28.2 Å². The van der Waals surface area contributed by atoms with E-state index >= 15 is 0 Å². The zero-order valence-corrected chi connectivity index (χ0v) is 11.7. The second kappa shape index (κ2) is 5.78. The molecule has 2 nitrogen and oxygen atoms in total. The van der Waals surface area contributed by atoms with Crippen LogP contribution in [0.3, 0.4) is 0 Å². The first-order valence-electron chi connectivity index (χ1n) is 5.32. The van der Waals surface area contributed by atoms with Crippen molar-refractivity contribution in [3.63, 3.8) is 0 Å². The summed E-state index contributed by atoms with van der Waals surface area (Å²) < 4.78 is 32.1. The number of benzene rings is 1. The number of hydrogen-bond acceptors (Lipinski definition) is 2. The first-order chi connectivity index (χ1) is 7.79. The average Bonchev–Trinajstić information content (AvgIpc) is 2.18. The molecule has 0 aliphatic heterocycles. The van der Waals surface area contributed by atoms with Crippen LogP contribution in [-0.4, -0.2) is 18.8 Å². The average molecular weight is 308 g/mol. The van der Waals surface area contributed by atoms with Gasteiger partial charge in [-0.3, -0.25) is 0 Å². The maximum Gasteiger partial charge on any atom is 0.147 e. The third-order valence-electron chi connectivity index (χ3n) is 1.96. The SMILES string of the molecule is CC(C)(C)OCCNc1cc(F)c(Br)cc1F. The fourth-order valence-electron chi connectivity index (χ4n) is 1.20. The van der Waals surface area contributed by atoms with E-state index in [1.807, 2.05) is 20.8 Å². The van der Waals surface area contributed by atoms with Gasteiger partial charge < -0.3 is 10.1 Å². The summed E-state index contributed by atoms with van der Waals surface area (Å²) >= 11 is 2.92. The Balaban J connectivity index is 2.50. The molecule has 0 atom stereocenters. The minimum absolute atomic E-state index is 0.117. The quantitative estimate of drug-likeness (QED) is 0.671. The van der Waals surface area contributed by atoms with E-state index in [2.05, 4.69) is 21.2 Å². The van der Waals surface area contributed by atoms with Gasteiger partial charge in [0.05, 0.1) is 22.4 Å². The number of rotatable bonds is 4. The molecule has 0 heterocycles. The molecule has 0 aliphatic rings. The summed E-state index contributed by atoms with van der Waals surface area (Å²) in [4.78, 5) is 0. The Labute approximate surface area is 108 Å². The first kappa shape index (κ1) is 14.4. The van der Waals surface area contributed by atoms with Crippen molar-refractivity contribution >= 4 is 21.6 Å². The highest BCUT2D eigenvalue weighted by Gasteiger charge is 2.10. The standard InChI is InChI=1S/C12H16BrF2NO/c1-12(2,3)17-5-4-16-11-7-9(14)8(13)6-10(11)15/h6-7,16H,4-5H2,1-3H3. The predicted molar refractivity (Wildman–Crippen MR) is 68.3 cm³/mol. The number of nitrogens with one attached hydrogen (secondary N) is 1. The van der Waals surface area contributed by atoms with Crippen LogP contribution in [0, 0.1) is 11.6 Å². The molecular formula is C12H16BrF2NO. The van der Waals surface area contributed by atoms with Crippen molar-refractivity contribution in [1.82, 2.24) is 0 Å². The van der Waals surface area contributed by atoms with Crippen LogP contribution in [0.1, 0.15) is 20.8 Å². The zero-order valence-electron chi connectivity index (χ0n) is 10.1. The van der Waals surface area contributed by atoms with Crippen LogP contribution in [0.2, 0.25) is 0 Å². The van der Waals surface area contributed by atoms with E-state index in [-0.39, 0.29) is 15.8 Å². The number of anilines is 1. The molecule has 0 radical (unpaired) electrons. The third-order valence-corrected chi connectivity index (χ3v) is 2.57. The summed E-state index contributed by atoms with van der Waals surface area (Å²) in [5.74, 6) is -0.986. The lowest BCUT2D eigenvalue weighted by atomic mass is 10.2. The van der Waals surface area contributed by atoms with E-state index in [1.54, 1.807) is 0 Å². The van der Waals surface area contributed by atoms with Gasteiger partial charge in [0.2, 0.25) is 0 Å². The summed E-state index contributed by atoms with van der Waals surface area (Å²) in [5.41, 5.74) is -0.0891. The summed E-state index contributed by atoms with van der Waals surface area (Å²) in [5, 5.41) is 2.79. The molecule has 5 heteroatoms. The molecule has 1 aromatic rings. The van der Waals surface area contributed by atoms with E-state index in [9.17, 15) is 8.78 Å². The minimum Gasteiger partial charge on any atom is -0.380 e. The minimum atomic E-state index is -0.495. The molecule has 0 amide bonds. The van der Waals surface area contributed by atoms with Crippen LogP contribution in [0.25, 0.3) is 0 Å².